The van der Waals surface area contributed by atoms with Gasteiger partial charge in [-0.25, -0.2) is 0 Å². The second kappa shape index (κ2) is 8.18. The van der Waals surface area contributed by atoms with Gasteiger partial charge in [0.25, 0.3) is 0 Å². The number of rotatable bonds is 7. The standard InChI is InChI=1S/C18H27NO2/c19-18(21)17(15-10-12-16(20)13-11-15)9-5-4-8-14-6-2-1-3-7-14/h1-3,6-7,15-17,20H,4-5,8-13H2,(H2,19,21). The highest BCUT2D eigenvalue weighted by Crippen LogP contribution is 2.32. The Morgan fingerprint density at radius 1 is 1.14 bits per heavy atom. The van der Waals surface area contributed by atoms with Crippen LogP contribution >= 0.6 is 0 Å². The normalized spacial score (nSPS) is 23.7. The number of benzene rings is 1. The summed E-state index contributed by atoms with van der Waals surface area (Å²) in [5.41, 5.74) is 6.95. The van der Waals surface area contributed by atoms with Gasteiger partial charge in [0.2, 0.25) is 5.91 Å². The van der Waals surface area contributed by atoms with E-state index in [1.165, 1.54) is 5.56 Å². The van der Waals surface area contributed by atoms with Crippen molar-refractivity contribution in [3.63, 3.8) is 0 Å². The molecule has 1 aliphatic rings. The van der Waals surface area contributed by atoms with E-state index >= 15 is 0 Å². The Hall–Kier alpha value is -1.35. The number of nitrogens with two attached hydrogens (primary N) is 1. The smallest absolute Gasteiger partial charge is 0.220 e. The zero-order valence-electron chi connectivity index (χ0n) is 12.7. The Kier molecular flexibility index (Phi) is 6.24. The van der Waals surface area contributed by atoms with Crippen LogP contribution in [-0.4, -0.2) is 17.1 Å². The summed E-state index contributed by atoms with van der Waals surface area (Å²) in [6.07, 6.45) is 7.44. The zero-order chi connectivity index (χ0) is 15.1. The van der Waals surface area contributed by atoms with E-state index in [-0.39, 0.29) is 17.9 Å². The van der Waals surface area contributed by atoms with Crippen molar-refractivity contribution >= 4 is 5.91 Å². The Labute approximate surface area is 127 Å². The second-order valence-electron chi connectivity index (χ2n) is 6.31. The number of carbonyl (C=O) groups excluding carboxylic acids is 1. The Morgan fingerprint density at radius 3 is 2.43 bits per heavy atom. The Morgan fingerprint density at radius 2 is 1.81 bits per heavy atom. The van der Waals surface area contributed by atoms with Crippen molar-refractivity contribution in [1.82, 2.24) is 0 Å². The lowest BCUT2D eigenvalue weighted by Crippen LogP contribution is -2.33. The molecule has 0 heterocycles. The van der Waals surface area contributed by atoms with E-state index < -0.39 is 0 Å². The first-order chi connectivity index (χ1) is 10.2. The van der Waals surface area contributed by atoms with Gasteiger partial charge in [-0.15, -0.1) is 0 Å². The number of unbranched alkanes of at least 4 members (excludes halogenated alkanes) is 1. The average molecular weight is 289 g/mol. The van der Waals surface area contributed by atoms with Crippen molar-refractivity contribution in [2.45, 2.75) is 57.5 Å². The predicted octanol–water partition coefficient (Wildman–Crippen LogP) is 3.05. The second-order valence-corrected chi connectivity index (χ2v) is 6.31. The van der Waals surface area contributed by atoms with Crippen LogP contribution in [0.3, 0.4) is 0 Å². The average Bonchev–Trinajstić information content (AvgIpc) is 2.49. The minimum Gasteiger partial charge on any atom is -0.393 e. The number of hydrogen-bond donors (Lipinski definition) is 2. The van der Waals surface area contributed by atoms with Gasteiger partial charge in [-0.2, -0.15) is 0 Å². The molecule has 1 aromatic rings. The molecule has 0 bridgehead atoms. The molecule has 3 heteroatoms. The molecule has 0 aromatic heterocycles. The lowest BCUT2D eigenvalue weighted by atomic mass is 9.76. The van der Waals surface area contributed by atoms with Crippen LogP contribution in [0.2, 0.25) is 0 Å². The molecule has 0 aliphatic heterocycles. The summed E-state index contributed by atoms with van der Waals surface area (Å²) in [7, 11) is 0. The lowest BCUT2D eigenvalue weighted by molar-refractivity contribution is -0.124. The zero-order valence-corrected chi connectivity index (χ0v) is 12.7. The van der Waals surface area contributed by atoms with Crippen LogP contribution < -0.4 is 5.73 Å². The maximum Gasteiger partial charge on any atom is 0.220 e. The van der Waals surface area contributed by atoms with Crippen molar-refractivity contribution < 1.29 is 9.90 Å². The minimum absolute atomic E-state index is 0.00623. The van der Waals surface area contributed by atoms with E-state index in [1.54, 1.807) is 0 Å². The molecule has 2 rings (SSSR count). The maximum atomic E-state index is 11.7. The Bertz CT molecular complexity index is 424. The molecule has 0 saturated heterocycles. The van der Waals surface area contributed by atoms with Crippen LogP contribution in [0.5, 0.6) is 0 Å². The van der Waals surface area contributed by atoms with Gasteiger partial charge in [-0.1, -0.05) is 36.8 Å². The summed E-state index contributed by atoms with van der Waals surface area (Å²) in [6, 6.07) is 10.5. The fourth-order valence-corrected chi connectivity index (χ4v) is 3.45. The van der Waals surface area contributed by atoms with Gasteiger partial charge in [0.05, 0.1) is 6.10 Å². The number of aliphatic hydroxyl groups excluding tert-OH is 1. The molecule has 1 aromatic carbocycles. The summed E-state index contributed by atoms with van der Waals surface area (Å²) < 4.78 is 0. The third-order valence-electron chi connectivity index (χ3n) is 4.75. The number of carbonyl (C=O) groups is 1. The molecule has 1 saturated carbocycles. The van der Waals surface area contributed by atoms with Crippen molar-refractivity contribution in [2.24, 2.45) is 17.6 Å². The van der Waals surface area contributed by atoms with Crippen molar-refractivity contribution in [3.05, 3.63) is 35.9 Å². The molecule has 1 atom stereocenters. The van der Waals surface area contributed by atoms with E-state index in [9.17, 15) is 9.90 Å². The van der Waals surface area contributed by atoms with Gasteiger partial charge in [0, 0.05) is 5.92 Å². The number of aryl methyl sites for hydroxylation is 1. The molecule has 1 fully saturated rings. The molecule has 3 nitrogen and oxygen atoms in total. The summed E-state index contributed by atoms with van der Waals surface area (Å²) in [6.45, 7) is 0. The third kappa shape index (κ3) is 5.16. The predicted molar refractivity (Wildman–Crippen MR) is 84.6 cm³/mol. The first-order valence-electron chi connectivity index (χ1n) is 8.18. The number of hydrogen-bond acceptors (Lipinski definition) is 2. The molecule has 1 amide bonds. The lowest BCUT2D eigenvalue weighted by Gasteiger charge is -2.30. The van der Waals surface area contributed by atoms with Crippen LogP contribution in [0, 0.1) is 11.8 Å². The van der Waals surface area contributed by atoms with Crippen LogP contribution in [0.1, 0.15) is 50.5 Å². The summed E-state index contributed by atoms with van der Waals surface area (Å²) in [5.74, 6) is 0.215. The highest BCUT2D eigenvalue weighted by atomic mass is 16.3. The fourth-order valence-electron chi connectivity index (χ4n) is 3.45. The fraction of sp³-hybridized carbons (Fsp3) is 0.611. The van der Waals surface area contributed by atoms with Gasteiger partial charge in [-0.3, -0.25) is 4.79 Å². The van der Waals surface area contributed by atoms with Crippen LogP contribution in [0.15, 0.2) is 30.3 Å². The molecule has 21 heavy (non-hydrogen) atoms. The van der Waals surface area contributed by atoms with Crippen molar-refractivity contribution in [1.29, 1.82) is 0 Å². The molecular formula is C18H27NO2. The number of primary amides is 1. The van der Waals surface area contributed by atoms with Gasteiger partial charge in [0.15, 0.2) is 0 Å². The Balaban J connectivity index is 1.74. The van der Waals surface area contributed by atoms with Crippen LogP contribution in [0.25, 0.3) is 0 Å². The minimum atomic E-state index is -0.173. The molecule has 1 unspecified atom stereocenters. The van der Waals surface area contributed by atoms with E-state index in [0.717, 1.165) is 51.4 Å². The molecule has 0 radical (unpaired) electrons. The monoisotopic (exact) mass is 289 g/mol. The quantitative estimate of drug-likeness (QED) is 0.758. The van der Waals surface area contributed by atoms with Gasteiger partial charge in [0.1, 0.15) is 0 Å². The van der Waals surface area contributed by atoms with Gasteiger partial charge < -0.3 is 10.8 Å². The SMILES string of the molecule is NC(=O)C(CCCCc1ccccc1)C1CCC(O)CC1. The van der Waals surface area contributed by atoms with Crippen molar-refractivity contribution in [3.8, 4) is 0 Å². The highest BCUT2D eigenvalue weighted by Gasteiger charge is 2.29. The van der Waals surface area contributed by atoms with E-state index in [0.29, 0.717) is 5.92 Å². The molecule has 116 valence electrons. The van der Waals surface area contributed by atoms with E-state index in [1.807, 2.05) is 6.07 Å². The van der Waals surface area contributed by atoms with E-state index in [4.69, 9.17) is 5.73 Å². The third-order valence-corrected chi connectivity index (χ3v) is 4.75. The molecule has 3 N–H and O–H groups in total. The summed E-state index contributed by atoms with van der Waals surface area (Å²) in [5, 5.41) is 9.57. The summed E-state index contributed by atoms with van der Waals surface area (Å²) >= 11 is 0. The number of amides is 1. The van der Waals surface area contributed by atoms with Gasteiger partial charge >= 0.3 is 0 Å². The first-order valence-corrected chi connectivity index (χ1v) is 8.18. The van der Waals surface area contributed by atoms with Crippen LogP contribution in [0.4, 0.5) is 0 Å². The number of aliphatic hydroxyl groups is 1. The molecular weight excluding hydrogens is 262 g/mol. The highest BCUT2D eigenvalue weighted by molar-refractivity contribution is 5.76. The molecule has 0 spiro atoms. The van der Waals surface area contributed by atoms with Gasteiger partial charge in [-0.05, 0) is 56.4 Å². The van der Waals surface area contributed by atoms with Crippen molar-refractivity contribution in [2.75, 3.05) is 0 Å². The first kappa shape index (κ1) is 16.0. The topological polar surface area (TPSA) is 63.3 Å². The van der Waals surface area contributed by atoms with E-state index in [2.05, 4.69) is 24.3 Å². The largest absolute Gasteiger partial charge is 0.393 e. The maximum absolute atomic E-state index is 11.7. The van der Waals surface area contributed by atoms with Crippen LogP contribution in [-0.2, 0) is 11.2 Å². The molecule has 1 aliphatic carbocycles. The summed E-state index contributed by atoms with van der Waals surface area (Å²) in [4.78, 5) is 11.7.